The van der Waals surface area contributed by atoms with Gasteiger partial charge in [-0.2, -0.15) is 0 Å². The molecule has 1 N–H and O–H groups in total. The van der Waals surface area contributed by atoms with E-state index in [-0.39, 0.29) is 18.0 Å². The number of hydrogen-bond donors (Lipinski definition) is 1. The highest BCUT2D eigenvalue weighted by atomic mass is 16.3. The number of aliphatic hydroxyl groups is 1. The number of benzene rings is 4. The summed E-state index contributed by atoms with van der Waals surface area (Å²) in [6, 6.07) is 31.9. The minimum atomic E-state index is -0.653. The minimum Gasteiger partial charge on any atom is -0.391 e. The molecule has 3 nitrogen and oxygen atoms in total. The van der Waals surface area contributed by atoms with Gasteiger partial charge in [-0.05, 0) is 53.3 Å². The fourth-order valence-electron chi connectivity index (χ4n) is 5.06. The zero-order valence-electron chi connectivity index (χ0n) is 18.2. The minimum absolute atomic E-state index is 0.00945. The van der Waals surface area contributed by atoms with E-state index in [1.54, 1.807) is 0 Å². The van der Waals surface area contributed by atoms with E-state index in [2.05, 4.69) is 43.3 Å². The lowest BCUT2D eigenvalue weighted by Crippen LogP contribution is -2.37. The largest absolute Gasteiger partial charge is 0.391 e. The third kappa shape index (κ3) is 3.59. The monoisotopic (exact) mass is 421 g/mol. The van der Waals surface area contributed by atoms with Crippen molar-refractivity contribution in [3.8, 4) is 0 Å². The Balaban J connectivity index is 1.51. The Morgan fingerprint density at radius 3 is 2.38 bits per heavy atom. The van der Waals surface area contributed by atoms with Crippen LogP contribution in [-0.4, -0.2) is 22.0 Å². The molecule has 0 saturated heterocycles. The maximum absolute atomic E-state index is 13.6. The normalized spacial score (nSPS) is 17.4. The Bertz CT molecular complexity index is 1240. The number of carbonyl (C=O) groups is 1. The maximum Gasteiger partial charge on any atom is 0.255 e. The van der Waals surface area contributed by atoms with Gasteiger partial charge in [0.2, 0.25) is 0 Å². The van der Waals surface area contributed by atoms with Crippen LogP contribution in [0.4, 0.5) is 0 Å². The summed E-state index contributed by atoms with van der Waals surface area (Å²) in [6.45, 7) is 2.07. The Labute approximate surface area is 188 Å². The van der Waals surface area contributed by atoms with Crippen molar-refractivity contribution in [1.82, 2.24) is 4.90 Å². The number of carbonyl (C=O) groups excluding carboxylic acids is 1. The third-order valence-electron chi connectivity index (χ3n) is 6.67. The molecule has 0 spiro atoms. The molecule has 3 atom stereocenters. The average molecular weight is 422 g/mol. The topological polar surface area (TPSA) is 40.5 Å². The highest BCUT2D eigenvalue weighted by molar-refractivity contribution is 6.00. The van der Waals surface area contributed by atoms with Crippen molar-refractivity contribution in [2.45, 2.75) is 38.0 Å². The van der Waals surface area contributed by atoms with Crippen LogP contribution in [0.15, 0.2) is 97.1 Å². The van der Waals surface area contributed by atoms with Crippen molar-refractivity contribution in [1.29, 1.82) is 0 Å². The summed E-state index contributed by atoms with van der Waals surface area (Å²) in [6.07, 6.45) is 0.709. The second-order valence-electron chi connectivity index (χ2n) is 8.58. The Hall–Kier alpha value is -3.43. The number of hydrogen-bond acceptors (Lipinski definition) is 2. The Morgan fingerprint density at radius 2 is 1.53 bits per heavy atom. The van der Waals surface area contributed by atoms with E-state index in [0.29, 0.717) is 12.0 Å². The summed E-state index contributed by atoms with van der Waals surface area (Å²) in [5, 5.41) is 13.7. The van der Waals surface area contributed by atoms with Gasteiger partial charge in [0.05, 0.1) is 18.2 Å². The molecular formula is C29H27NO2. The quantitative estimate of drug-likeness (QED) is 0.409. The van der Waals surface area contributed by atoms with Crippen LogP contribution in [0.2, 0.25) is 0 Å². The summed E-state index contributed by atoms with van der Waals surface area (Å²) < 4.78 is 0. The van der Waals surface area contributed by atoms with Crippen molar-refractivity contribution in [2.75, 3.05) is 0 Å². The summed E-state index contributed by atoms with van der Waals surface area (Å²) in [4.78, 5) is 15.4. The molecule has 1 unspecified atom stereocenters. The first-order valence-electron chi connectivity index (χ1n) is 11.3. The molecule has 4 aromatic carbocycles. The van der Waals surface area contributed by atoms with Gasteiger partial charge in [-0.3, -0.25) is 4.79 Å². The van der Waals surface area contributed by atoms with Gasteiger partial charge in [0, 0.05) is 5.56 Å². The molecule has 3 heteroatoms. The maximum atomic E-state index is 13.6. The van der Waals surface area contributed by atoms with E-state index in [0.717, 1.165) is 28.3 Å². The van der Waals surface area contributed by atoms with E-state index in [1.807, 2.05) is 65.6 Å². The van der Waals surface area contributed by atoms with Crippen molar-refractivity contribution in [2.24, 2.45) is 0 Å². The van der Waals surface area contributed by atoms with Crippen LogP contribution in [0, 0.1) is 0 Å². The zero-order valence-corrected chi connectivity index (χ0v) is 18.2. The summed E-state index contributed by atoms with van der Waals surface area (Å²) in [5.41, 5.74) is 3.91. The molecule has 5 rings (SSSR count). The van der Waals surface area contributed by atoms with Crippen molar-refractivity contribution in [3.63, 3.8) is 0 Å². The summed E-state index contributed by atoms with van der Waals surface area (Å²) >= 11 is 0. The number of nitrogens with zero attached hydrogens (tertiary/aromatic N) is 1. The average Bonchev–Trinajstić information content (AvgIpc) is 3.15. The van der Waals surface area contributed by atoms with Crippen molar-refractivity contribution >= 4 is 16.7 Å². The van der Waals surface area contributed by atoms with E-state index in [9.17, 15) is 9.90 Å². The molecule has 0 radical (unpaired) electrons. The van der Waals surface area contributed by atoms with E-state index in [4.69, 9.17) is 0 Å². The lowest BCUT2D eigenvalue weighted by atomic mass is 9.93. The third-order valence-corrected chi connectivity index (χ3v) is 6.67. The molecule has 4 aromatic rings. The highest BCUT2D eigenvalue weighted by Crippen LogP contribution is 2.43. The number of fused-ring (bicyclic) bond motifs is 2. The summed E-state index contributed by atoms with van der Waals surface area (Å²) in [5.74, 6) is -0.00945. The fourth-order valence-corrected chi connectivity index (χ4v) is 5.06. The first-order valence-corrected chi connectivity index (χ1v) is 11.3. The first-order chi connectivity index (χ1) is 15.6. The summed E-state index contributed by atoms with van der Waals surface area (Å²) in [7, 11) is 0. The molecule has 0 fully saturated rings. The van der Waals surface area contributed by atoms with Crippen LogP contribution in [0.3, 0.4) is 0 Å². The number of amides is 1. The van der Waals surface area contributed by atoms with Gasteiger partial charge in [-0.15, -0.1) is 0 Å². The highest BCUT2D eigenvalue weighted by Gasteiger charge is 2.43. The Kier molecular flexibility index (Phi) is 5.50. The van der Waals surface area contributed by atoms with Gasteiger partial charge >= 0.3 is 0 Å². The second-order valence-corrected chi connectivity index (χ2v) is 8.58. The van der Waals surface area contributed by atoms with Crippen LogP contribution in [0.25, 0.3) is 10.8 Å². The second kappa shape index (κ2) is 8.60. The van der Waals surface area contributed by atoms with Crippen molar-refractivity contribution < 1.29 is 9.90 Å². The molecule has 0 saturated carbocycles. The zero-order chi connectivity index (χ0) is 22.1. The molecule has 0 aliphatic carbocycles. The standard InChI is InChI=1S/C29H27NO2/c1-20(23-17-9-13-22-12-5-6-14-24(22)23)30-28(25-15-7-8-16-26(25)29(30)32)27(31)19-18-21-10-3-2-4-11-21/h2-17,20,27-28,31H,18-19H2,1H3/t20?,27-,28-/m1/s1. The molecule has 0 bridgehead atoms. The van der Waals surface area contributed by atoms with Crippen LogP contribution in [0.5, 0.6) is 0 Å². The Morgan fingerprint density at radius 1 is 0.844 bits per heavy atom. The molecule has 0 aromatic heterocycles. The van der Waals surface area contributed by atoms with Gasteiger partial charge in [0.1, 0.15) is 0 Å². The van der Waals surface area contributed by atoms with Gasteiger partial charge in [-0.1, -0.05) is 91.0 Å². The molecule has 160 valence electrons. The molecule has 1 heterocycles. The molecule has 1 aliphatic heterocycles. The first kappa shape index (κ1) is 20.5. The predicted molar refractivity (Wildman–Crippen MR) is 128 cm³/mol. The smallest absolute Gasteiger partial charge is 0.255 e. The van der Waals surface area contributed by atoms with E-state index >= 15 is 0 Å². The van der Waals surface area contributed by atoms with Crippen LogP contribution in [0.1, 0.15) is 52.5 Å². The molecule has 32 heavy (non-hydrogen) atoms. The van der Waals surface area contributed by atoms with Gasteiger partial charge in [0.15, 0.2) is 0 Å². The van der Waals surface area contributed by atoms with Gasteiger partial charge in [-0.25, -0.2) is 0 Å². The van der Waals surface area contributed by atoms with E-state index < -0.39 is 6.10 Å². The molecular weight excluding hydrogens is 394 g/mol. The van der Waals surface area contributed by atoms with E-state index in [1.165, 1.54) is 5.56 Å². The van der Waals surface area contributed by atoms with Crippen LogP contribution < -0.4 is 0 Å². The van der Waals surface area contributed by atoms with Crippen LogP contribution >= 0.6 is 0 Å². The fraction of sp³-hybridized carbons (Fsp3) is 0.207. The molecule has 1 amide bonds. The van der Waals surface area contributed by atoms with Gasteiger partial charge < -0.3 is 10.0 Å². The lowest BCUT2D eigenvalue weighted by Gasteiger charge is -2.35. The predicted octanol–water partition coefficient (Wildman–Crippen LogP) is 6.09. The van der Waals surface area contributed by atoms with Crippen molar-refractivity contribution in [3.05, 3.63) is 119 Å². The lowest BCUT2D eigenvalue weighted by molar-refractivity contribution is 0.0273. The molecule has 1 aliphatic rings. The number of rotatable bonds is 6. The number of aryl methyl sites for hydroxylation is 1. The number of aliphatic hydroxyl groups excluding tert-OH is 1. The van der Waals surface area contributed by atoms with Gasteiger partial charge in [0.25, 0.3) is 5.91 Å². The SMILES string of the molecule is CC(c1cccc2ccccc12)N1C(=O)c2ccccc2[C@@H]1[C@H](O)CCc1ccccc1. The van der Waals surface area contributed by atoms with Crippen LogP contribution in [-0.2, 0) is 6.42 Å².